The van der Waals surface area contributed by atoms with Crippen molar-refractivity contribution >= 4 is 5.69 Å². The average Bonchev–Trinajstić information content (AvgIpc) is 2.73. The van der Waals surface area contributed by atoms with Crippen LogP contribution in [-0.2, 0) is 5.41 Å². The van der Waals surface area contributed by atoms with Crippen LogP contribution in [0, 0.1) is 5.92 Å². The molecular formula is C17H27N. The molecule has 0 bridgehead atoms. The van der Waals surface area contributed by atoms with Gasteiger partial charge in [0.15, 0.2) is 0 Å². The van der Waals surface area contributed by atoms with E-state index in [9.17, 15) is 0 Å². The molecule has 1 aliphatic rings. The number of benzene rings is 1. The molecule has 0 saturated heterocycles. The summed E-state index contributed by atoms with van der Waals surface area (Å²) in [4.78, 5) is 0. The summed E-state index contributed by atoms with van der Waals surface area (Å²) < 4.78 is 0. The summed E-state index contributed by atoms with van der Waals surface area (Å²) >= 11 is 0. The molecule has 1 atom stereocenters. The zero-order valence-electron chi connectivity index (χ0n) is 12.5. The zero-order chi connectivity index (χ0) is 13.3. The molecule has 0 saturated carbocycles. The summed E-state index contributed by atoms with van der Waals surface area (Å²) in [6.45, 7) is 12.6. The van der Waals surface area contributed by atoms with E-state index in [1.54, 1.807) is 5.56 Å². The SMILES string of the molecule is CCC(CC)C1CNc2ccc(C(C)(C)C)cc21. The van der Waals surface area contributed by atoms with Crippen LogP contribution in [0.25, 0.3) is 0 Å². The van der Waals surface area contributed by atoms with Gasteiger partial charge in [0.1, 0.15) is 0 Å². The number of rotatable bonds is 3. The monoisotopic (exact) mass is 245 g/mol. The molecule has 1 N–H and O–H groups in total. The van der Waals surface area contributed by atoms with Gasteiger partial charge in [-0.15, -0.1) is 0 Å². The highest BCUT2D eigenvalue weighted by atomic mass is 14.9. The van der Waals surface area contributed by atoms with Crippen molar-refractivity contribution < 1.29 is 0 Å². The Morgan fingerprint density at radius 2 is 1.89 bits per heavy atom. The molecule has 1 heterocycles. The van der Waals surface area contributed by atoms with Crippen molar-refractivity contribution in [2.45, 2.75) is 58.8 Å². The summed E-state index contributed by atoms with van der Waals surface area (Å²) in [5.41, 5.74) is 4.62. The lowest BCUT2D eigenvalue weighted by Gasteiger charge is -2.24. The largest absolute Gasteiger partial charge is 0.384 e. The summed E-state index contributed by atoms with van der Waals surface area (Å²) in [6.07, 6.45) is 2.56. The summed E-state index contributed by atoms with van der Waals surface area (Å²) in [6, 6.07) is 7.00. The van der Waals surface area contributed by atoms with Crippen molar-refractivity contribution in [1.82, 2.24) is 0 Å². The lowest BCUT2D eigenvalue weighted by molar-refractivity contribution is 0.418. The molecule has 100 valence electrons. The third-order valence-electron chi connectivity index (χ3n) is 4.45. The average molecular weight is 245 g/mol. The van der Waals surface area contributed by atoms with Gasteiger partial charge in [-0.3, -0.25) is 0 Å². The standard InChI is InChI=1S/C17H27N/c1-6-12(7-2)15-11-18-16-9-8-13(10-14(15)16)17(3,4)5/h8-10,12,15,18H,6-7,11H2,1-5H3. The van der Waals surface area contributed by atoms with E-state index in [0.29, 0.717) is 5.92 Å². The first-order valence-electron chi connectivity index (χ1n) is 7.35. The van der Waals surface area contributed by atoms with Crippen LogP contribution in [0.5, 0.6) is 0 Å². The molecular weight excluding hydrogens is 218 g/mol. The quantitative estimate of drug-likeness (QED) is 0.796. The number of anilines is 1. The summed E-state index contributed by atoms with van der Waals surface area (Å²) in [5.74, 6) is 1.52. The molecule has 1 nitrogen and oxygen atoms in total. The van der Waals surface area contributed by atoms with Gasteiger partial charge in [0.2, 0.25) is 0 Å². The fraction of sp³-hybridized carbons (Fsp3) is 0.647. The molecule has 0 aromatic heterocycles. The van der Waals surface area contributed by atoms with E-state index in [0.717, 1.165) is 12.5 Å². The highest BCUT2D eigenvalue weighted by molar-refractivity contribution is 5.59. The molecule has 1 heteroatoms. The van der Waals surface area contributed by atoms with E-state index in [1.807, 2.05) is 0 Å². The van der Waals surface area contributed by atoms with Crippen LogP contribution in [0.15, 0.2) is 18.2 Å². The normalized spacial score (nSPS) is 18.9. The Labute approximate surface area is 112 Å². The van der Waals surface area contributed by atoms with Gasteiger partial charge < -0.3 is 5.32 Å². The Kier molecular flexibility index (Phi) is 3.70. The Bertz CT molecular complexity index is 410. The molecule has 0 amide bonds. The highest BCUT2D eigenvalue weighted by Gasteiger charge is 2.29. The number of fused-ring (bicyclic) bond motifs is 1. The third kappa shape index (κ3) is 2.41. The molecule has 1 unspecified atom stereocenters. The minimum absolute atomic E-state index is 0.246. The Morgan fingerprint density at radius 3 is 2.44 bits per heavy atom. The minimum atomic E-state index is 0.246. The van der Waals surface area contributed by atoms with Crippen molar-refractivity contribution in [3.05, 3.63) is 29.3 Å². The molecule has 1 aromatic carbocycles. The molecule has 0 aliphatic carbocycles. The van der Waals surface area contributed by atoms with Gasteiger partial charge in [-0.25, -0.2) is 0 Å². The van der Waals surface area contributed by atoms with Crippen molar-refractivity contribution in [3.8, 4) is 0 Å². The summed E-state index contributed by atoms with van der Waals surface area (Å²) in [7, 11) is 0. The maximum atomic E-state index is 3.58. The van der Waals surface area contributed by atoms with Gasteiger partial charge in [-0.2, -0.15) is 0 Å². The second-order valence-electron chi connectivity index (χ2n) is 6.62. The van der Waals surface area contributed by atoms with Gasteiger partial charge in [-0.05, 0) is 28.5 Å². The van der Waals surface area contributed by atoms with Crippen LogP contribution in [0.2, 0.25) is 0 Å². The van der Waals surface area contributed by atoms with E-state index in [1.165, 1.54) is 24.1 Å². The Hall–Kier alpha value is -0.980. The number of nitrogens with one attached hydrogen (secondary N) is 1. The molecule has 0 fully saturated rings. The van der Waals surface area contributed by atoms with Crippen molar-refractivity contribution in [3.63, 3.8) is 0 Å². The van der Waals surface area contributed by atoms with Crippen LogP contribution in [0.4, 0.5) is 5.69 Å². The second kappa shape index (κ2) is 4.95. The predicted octanol–water partition coefficient (Wildman–Crippen LogP) is 4.93. The Balaban J connectivity index is 2.36. The smallest absolute Gasteiger partial charge is 0.0376 e. The van der Waals surface area contributed by atoms with Crippen LogP contribution < -0.4 is 5.32 Å². The van der Waals surface area contributed by atoms with Gasteiger partial charge in [0.05, 0.1) is 0 Å². The first kappa shape index (κ1) is 13.5. The van der Waals surface area contributed by atoms with Crippen molar-refractivity contribution in [1.29, 1.82) is 0 Å². The molecule has 1 aliphatic heterocycles. The van der Waals surface area contributed by atoms with E-state index >= 15 is 0 Å². The molecule has 1 aromatic rings. The van der Waals surface area contributed by atoms with Gasteiger partial charge in [0, 0.05) is 18.2 Å². The third-order valence-corrected chi connectivity index (χ3v) is 4.45. The van der Waals surface area contributed by atoms with Crippen molar-refractivity contribution in [2.75, 3.05) is 11.9 Å². The fourth-order valence-electron chi connectivity index (χ4n) is 3.11. The van der Waals surface area contributed by atoms with Crippen LogP contribution in [0.1, 0.15) is 64.5 Å². The first-order chi connectivity index (χ1) is 8.47. The molecule has 0 radical (unpaired) electrons. The van der Waals surface area contributed by atoms with Crippen LogP contribution in [-0.4, -0.2) is 6.54 Å². The van der Waals surface area contributed by atoms with Crippen molar-refractivity contribution in [2.24, 2.45) is 5.92 Å². The van der Waals surface area contributed by atoms with E-state index in [-0.39, 0.29) is 5.41 Å². The fourth-order valence-corrected chi connectivity index (χ4v) is 3.11. The van der Waals surface area contributed by atoms with Gasteiger partial charge >= 0.3 is 0 Å². The lowest BCUT2D eigenvalue weighted by atomic mass is 9.80. The number of hydrogen-bond acceptors (Lipinski definition) is 1. The van der Waals surface area contributed by atoms with Crippen LogP contribution >= 0.6 is 0 Å². The number of hydrogen-bond donors (Lipinski definition) is 1. The minimum Gasteiger partial charge on any atom is -0.384 e. The van der Waals surface area contributed by atoms with Crippen LogP contribution in [0.3, 0.4) is 0 Å². The maximum Gasteiger partial charge on any atom is 0.0376 e. The zero-order valence-corrected chi connectivity index (χ0v) is 12.5. The lowest BCUT2D eigenvalue weighted by Crippen LogP contribution is -2.15. The van der Waals surface area contributed by atoms with E-state index in [2.05, 4.69) is 58.1 Å². The highest BCUT2D eigenvalue weighted by Crippen LogP contribution is 2.40. The predicted molar refractivity (Wildman–Crippen MR) is 80.4 cm³/mol. The van der Waals surface area contributed by atoms with Gasteiger partial charge in [0.25, 0.3) is 0 Å². The first-order valence-corrected chi connectivity index (χ1v) is 7.35. The molecule has 2 rings (SSSR count). The Morgan fingerprint density at radius 1 is 1.22 bits per heavy atom. The molecule has 18 heavy (non-hydrogen) atoms. The van der Waals surface area contributed by atoms with Gasteiger partial charge in [-0.1, -0.05) is 59.6 Å². The van der Waals surface area contributed by atoms with E-state index in [4.69, 9.17) is 0 Å². The topological polar surface area (TPSA) is 12.0 Å². The maximum absolute atomic E-state index is 3.58. The molecule has 0 spiro atoms. The summed E-state index contributed by atoms with van der Waals surface area (Å²) in [5, 5.41) is 3.58. The van der Waals surface area contributed by atoms with E-state index < -0.39 is 0 Å². The second-order valence-corrected chi connectivity index (χ2v) is 6.62.